The number of ether oxygens (including phenoxy) is 1. The van der Waals surface area contributed by atoms with Crippen LogP contribution in [0.25, 0.3) is 16.9 Å². The highest BCUT2D eigenvalue weighted by molar-refractivity contribution is 5.96. The number of halogens is 2. The highest BCUT2D eigenvalue weighted by Crippen LogP contribution is 2.31. The number of rotatable bonds is 8. The number of nitriles is 1. The number of nitrogens with two attached hydrogens (primary N) is 1. The number of imidazole rings is 1. The first kappa shape index (κ1) is 23.6. The van der Waals surface area contributed by atoms with E-state index in [1.807, 2.05) is 6.92 Å². The lowest BCUT2D eigenvalue weighted by Crippen LogP contribution is -2.29. The third-order valence-corrected chi connectivity index (χ3v) is 5.21. The molecule has 0 bridgehead atoms. The molecule has 2 aromatic heterocycles. The zero-order valence-electron chi connectivity index (χ0n) is 18.7. The monoisotopic (exact) mass is 477 g/mol. The maximum atomic E-state index is 14.8. The Kier molecular flexibility index (Phi) is 6.84. The Hall–Kier alpha value is -4.56. The highest BCUT2D eigenvalue weighted by atomic mass is 19.2. The number of nitrogens with one attached hydrogen (secondary N) is 2. The van der Waals surface area contributed by atoms with Gasteiger partial charge in [0.1, 0.15) is 6.07 Å². The van der Waals surface area contributed by atoms with E-state index in [1.54, 1.807) is 34.9 Å². The molecule has 0 aliphatic heterocycles. The molecule has 1 amide bonds. The fraction of sp³-hybridized carbons (Fsp3) is 0.167. The van der Waals surface area contributed by atoms with Gasteiger partial charge in [-0.25, -0.2) is 14.4 Å². The molecule has 0 spiro atoms. The lowest BCUT2D eigenvalue weighted by atomic mass is 10.1. The van der Waals surface area contributed by atoms with E-state index in [0.717, 1.165) is 5.56 Å². The fourth-order valence-corrected chi connectivity index (χ4v) is 3.57. The van der Waals surface area contributed by atoms with Crippen molar-refractivity contribution >= 4 is 23.1 Å². The molecule has 11 heteroatoms. The van der Waals surface area contributed by atoms with Gasteiger partial charge in [0.05, 0.1) is 11.9 Å². The molecule has 0 saturated carbocycles. The molecule has 2 aromatic carbocycles. The predicted octanol–water partition coefficient (Wildman–Crippen LogP) is 3.32. The van der Waals surface area contributed by atoms with Gasteiger partial charge in [0, 0.05) is 42.3 Å². The van der Waals surface area contributed by atoms with Gasteiger partial charge in [-0.2, -0.15) is 9.65 Å². The first-order valence-electron chi connectivity index (χ1n) is 10.6. The Morgan fingerprint density at radius 2 is 2.06 bits per heavy atom. The number of nitrogens with zero attached hydrogens (tertiary/aromatic N) is 4. The number of carbonyl (C=O) groups is 1. The van der Waals surface area contributed by atoms with Gasteiger partial charge in [-0.1, -0.05) is 0 Å². The second kappa shape index (κ2) is 10.1. The molecule has 2 heterocycles. The van der Waals surface area contributed by atoms with Gasteiger partial charge in [-0.3, -0.25) is 9.20 Å². The van der Waals surface area contributed by atoms with Crippen molar-refractivity contribution in [3.05, 3.63) is 71.7 Å². The number of hydrogen-bond acceptors (Lipinski definition) is 7. The quantitative estimate of drug-likeness (QED) is 0.355. The molecule has 4 aromatic rings. The molecule has 0 saturated heterocycles. The maximum Gasteiger partial charge on any atom is 0.251 e. The molecule has 9 nitrogen and oxygen atoms in total. The summed E-state index contributed by atoms with van der Waals surface area (Å²) in [7, 11) is 0. The van der Waals surface area contributed by atoms with Crippen molar-refractivity contribution in [1.82, 2.24) is 19.7 Å². The summed E-state index contributed by atoms with van der Waals surface area (Å²) in [6, 6.07) is 9.55. The minimum Gasteiger partial charge on any atom is -0.476 e. The molecule has 4 rings (SSSR count). The summed E-state index contributed by atoms with van der Waals surface area (Å²) in [4.78, 5) is 20.9. The van der Waals surface area contributed by atoms with Crippen LogP contribution in [0.4, 0.5) is 20.3 Å². The van der Waals surface area contributed by atoms with Crippen LogP contribution in [0.2, 0.25) is 0 Å². The Labute approximate surface area is 199 Å². The van der Waals surface area contributed by atoms with Gasteiger partial charge in [-0.15, -0.1) is 0 Å². The van der Waals surface area contributed by atoms with Gasteiger partial charge < -0.3 is 21.1 Å². The average molecular weight is 477 g/mol. The summed E-state index contributed by atoms with van der Waals surface area (Å²) in [5.41, 5.74) is 8.03. The topological polar surface area (TPSA) is 130 Å². The van der Waals surface area contributed by atoms with Crippen molar-refractivity contribution in [2.45, 2.75) is 6.92 Å². The largest absolute Gasteiger partial charge is 0.476 e. The van der Waals surface area contributed by atoms with E-state index in [4.69, 9.17) is 15.7 Å². The molecular weight excluding hydrogens is 456 g/mol. The van der Waals surface area contributed by atoms with E-state index >= 15 is 0 Å². The normalized spacial score (nSPS) is 10.7. The molecule has 178 valence electrons. The minimum absolute atomic E-state index is 0.0276. The van der Waals surface area contributed by atoms with Crippen molar-refractivity contribution in [1.29, 1.82) is 5.26 Å². The number of aryl methyl sites for hydroxylation is 1. The number of carbonyl (C=O) groups excluding carboxylic acids is 1. The zero-order chi connectivity index (χ0) is 24.9. The van der Waals surface area contributed by atoms with Gasteiger partial charge in [0.15, 0.2) is 29.6 Å². The van der Waals surface area contributed by atoms with Gasteiger partial charge in [0.2, 0.25) is 5.82 Å². The van der Waals surface area contributed by atoms with Gasteiger partial charge >= 0.3 is 0 Å². The van der Waals surface area contributed by atoms with Crippen LogP contribution in [0.5, 0.6) is 5.75 Å². The molecular formula is C24H21F2N7O2. The average Bonchev–Trinajstić information content (AvgIpc) is 3.28. The second-order valence-electron chi connectivity index (χ2n) is 7.50. The SMILES string of the molecule is Cc1cc(Nc2nccn3c(-c4ccc(OCC#N)c(F)c4F)cnc23)ccc1C(=O)NCCN. The summed E-state index contributed by atoms with van der Waals surface area (Å²) < 4.78 is 35.7. The molecule has 0 unspecified atom stereocenters. The molecule has 0 aliphatic carbocycles. The predicted molar refractivity (Wildman–Crippen MR) is 125 cm³/mol. The third-order valence-electron chi connectivity index (χ3n) is 5.21. The number of hydrogen-bond donors (Lipinski definition) is 3. The molecule has 0 radical (unpaired) electrons. The van der Waals surface area contributed by atoms with Crippen LogP contribution >= 0.6 is 0 Å². The Morgan fingerprint density at radius 3 is 2.80 bits per heavy atom. The van der Waals surface area contributed by atoms with E-state index in [0.29, 0.717) is 41.5 Å². The Morgan fingerprint density at radius 1 is 1.23 bits per heavy atom. The third kappa shape index (κ3) is 4.73. The Balaban J connectivity index is 1.64. The van der Waals surface area contributed by atoms with Crippen molar-refractivity contribution in [3.63, 3.8) is 0 Å². The summed E-state index contributed by atoms with van der Waals surface area (Å²) in [5.74, 6) is -2.48. The smallest absolute Gasteiger partial charge is 0.251 e. The zero-order valence-corrected chi connectivity index (χ0v) is 18.7. The standard InChI is InChI=1S/C24H21F2N7O2/c1-14-12-15(2-3-16(14)24(34)30-8-6-27)32-22-23-31-13-18(33(23)10-9-29-22)17-4-5-19(35-11-7-28)21(26)20(17)25/h2-5,9-10,12-13H,6,8,11,27H2,1H3,(H,29,32)(H,30,34). The van der Waals surface area contributed by atoms with E-state index in [2.05, 4.69) is 20.6 Å². The first-order chi connectivity index (χ1) is 16.9. The summed E-state index contributed by atoms with van der Waals surface area (Å²) in [5, 5.41) is 14.5. The summed E-state index contributed by atoms with van der Waals surface area (Å²) in [6.45, 7) is 2.14. The van der Waals surface area contributed by atoms with Crippen molar-refractivity contribution < 1.29 is 18.3 Å². The van der Waals surface area contributed by atoms with Crippen LogP contribution in [-0.4, -0.2) is 40.0 Å². The van der Waals surface area contributed by atoms with Gasteiger partial charge in [0.25, 0.3) is 5.91 Å². The van der Waals surface area contributed by atoms with E-state index in [-0.39, 0.29) is 17.2 Å². The number of amides is 1. The van der Waals surface area contributed by atoms with Crippen LogP contribution in [0.15, 0.2) is 48.9 Å². The maximum absolute atomic E-state index is 14.8. The molecule has 0 aliphatic rings. The van der Waals surface area contributed by atoms with Gasteiger partial charge in [-0.05, 0) is 42.8 Å². The summed E-state index contributed by atoms with van der Waals surface area (Å²) >= 11 is 0. The van der Waals surface area contributed by atoms with Crippen LogP contribution in [0, 0.1) is 29.9 Å². The van der Waals surface area contributed by atoms with Crippen molar-refractivity contribution in [2.24, 2.45) is 5.73 Å². The highest BCUT2D eigenvalue weighted by Gasteiger charge is 2.19. The van der Waals surface area contributed by atoms with Crippen molar-refractivity contribution in [2.75, 3.05) is 25.0 Å². The number of anilines is 2. The van der Waals surface area contributed by atoms with Crippen LogP contribution in [0.1, 0.15) is 15.9 Å². The lowest BCUT2D eigenvalue weighted by Gasteiger charge is -2.12. The fourth-order valence-electron chi connectivity index (χ4n) is 3.57. The molecule has 0 atom stereocenters. The Bertz CT molecular complexity index is 1450. The first-order valence-corrected chi connectivity index (χ1v) is 10.6. The van der Waals surface area contributed by atoms with Crippen molar-refractivity contribution in [3.8, 4) is 23.1 Å². The number of fused-ring (bicyclic) bond motifs is 1. The molecule has 4 N–H and O–H groups in total. The van der Waals surface area contributed by atoms with E-state index in [9.17, 15) is 13.6 Å². The number of aromatic nitrogens is 3. The van der Waals surface area contributed by atoms with Crippen LogP contribution in [0.3, 0.4) is 0 Å². The minimum atomic E-state index is -1.19. The molecule has 35 heavy (non-hydrogen) atoms. The van der Waals surface area contributed by atoms with E-state index in [1.165, 1.54) is 24.5 Å². The molecule has 0 fully saturated rings. The van der Waals surface area contributed by atoms with Crippen LogP contribution < -0.4 is 21.1 Å². The number of benzene rings is 2. The summed E-state index contributed by atoms with van der Waals surface area (Å²) in [6.07, 6.45) is 4.49. The van der Waals surface area contributed by atoms with Crippen LogP contribution in [-0.2, 0) is 0 Å². The lowest BCUT2D eigenvalue weighted by molar-refractivity contribution is 0.0954. The van der Waals surface area contributed by atoms with E-state index < -0.39 is 18.2 Å². The second-order valence-corrected chi connectivity index (χ2v) is 7.50.